The molecule has 0 aliphatic heterocycles. The number of nitrogens with one attached hydrogen (secondary N) is 1. The van der Waals surface area contributed by atoms with E-state index in [1.165, 1.54) is 39.5 Å². The monoisotopic (exact) mass is 471 g/mol. The summed E-state index contributed by atoms with van der Waals surface area (Å²) in [6.07, 6.45) is 7.81. The molecule has 0 spiro atoms. The molecule has 0 aliphatic carbocycles. The fraction of sp³-hybridized carbons (Fsp3) is 0.217. The third-order valence-electron chi connectivity index (χ3n) is 4.90. The lowest BCUT2D eigenvalue weighted by Crippen LogP contribution is -2.27. The Labute approximate surface area is 192 Å². The molecule has 0 saturated heterocycles. The second-order valence-corrected chi connectivity index (χ2v) is 8.70. The largest absolute Gasteiger partial charge is 0.493 e. The number of rotatable bonds is 9. The molecule has 9 nitrogen and oxygen atoms in total. The molecule has 1 aromatic heterocycles. The van der Waals surface area contributed by atoms with Crippen LogP contribution in [0.25, 0.3) is 11.8 Å². The molecule has 0 fully saturated rings. The Morgan fingerprint density at radius 1 is 1.12 bits per heavy atom. The van der Waals surface area contributed by atoms with Gasteiger partial charge < -0.3 is 18.8 Å². The molecule has 1 atom stereocenters. The Morgan fingerprint density at radius 2 is 1.85 bits per heavy atom. The molecule has 10 heteroatoms. The van der Waals surface area contributed by atoms with Gasteiger partial charge in [0.1, 0.15) is 4.90 Å². The van der Waals surface area contributed by atoms with E-state index >= 15 is 0 Å². The number of carbonyl (C=O) groups excluding carboxylic acids is 1. The van der Waals surface area contributed by atoms with Gasteiger partial charge in [0.05, 0.1) is 27.7 Å². The van der Waals surface area contributed by atoms with Crippen molar-refractivity contribution in [2.45, 2.75) is 17.9 Å². The van der Waals surface area contributed by atoms with Crippen molar-refractivity contribution in [3.8, 4) is 17.2 Å². The number of methoxy groups -OCH3 is 3. The molecular weight excluding hydrogens is 446 g/mol. The third kappa shape index (κ3) is 5.60. The van der Waals surface area contributed by atoms with Gasteiger partial charge in [-0.3, -0.25) is 0 Å². The highest BCUT2D eigenvalue weighted by Gasteiger charge is 2.26. The third-order valence-corrected chi connectivity index (χ3v) is 6.44. The van der Waals surface area contributed by atoms with Crippen LogP contribution in [0.3, 0.4) is 0 Å². The Balaban J connectivity index is 1.91. The summed E-state index contributed by atoms with van der Waals surface area (Å²) in [5.41, 5.74) is 2.11. The molecule has 1 unspecified atom stereocenters. The van der Waals surface area contributed by atoms with Crippen LogP contribution in [-0.4, -0.2) is 45.3 Å². The summed E-state index contributed by atoms with van der Waals surface area (Å²) >= 11 is 0. The van der Waals surface area contributed by atoms with Crippen molar-refractivity contribution in [2.75, 3.05) is 21.3 Å². The minimum atomic E-state index is -4.02. The number of ether oxygens (including phenoxy) is 3. The maximum atomic E-state index is 13.3. The molecule has 174 valence electrons. The molecule has 1 heterocycles. The Morgan fingerprint density at radius 3 is 2.42 bits per heavy atom. The maximum Gasteiger partial charge on any atom is 0.330 e. The van der Waals surface area contributed by atoms with E-state index in [2.05, 4.69) is 14.4 Å². The number of carbonyl (C=O) groups is 1. The van der Waals surface area contributed by atoms with Crippen LogP contribution in [0, 0.1) is 0 Å². The quantitative estimate of drug-likeness (QED) is 0.377. The first-order chi connectivity index (χ1) is 15.8. The first-order valence-corrected chi connectivity index (χ1v) is 11.4. The molecule has 1 N–H and O–H groups in total. The molecule has 3 rings (SSSR count). The summed E-state index contributed by atoms with van der Waals surface area (Å²) in [5, 5.41) is 0. The second kappa shape index (κ2) is 10.3. The number of benzene rings is 2. The van der Waals surface area contributed by atoms with E-state index < -0.39 is 22.0 Å². The lowest BCUT2D eigenvalue weighted by Gasteiger charge is -2.18. The van der Waals surface area contributed by atoms with Gasteiger partial charge in [-0.2, -0.15) is 0 Å². The molecule has 0 amide bonds. The zero-order valence-electron chi connectivity index (χ0n) is 18.7. The molecule has 0 saturated carbocycles. The molecule has 33 heavy (non-hydrogen) atoms. The first-order valence-electron chi connectivity index (χ1n) is 9.91. The number of aromatic nitrogens is 2. The average Bonchev–Trinajstić information content (AvgIpc) is 3.36. The topological polar surface area (TPSA) is 109 Å². The van der Waals surface area contributed by atoms with E-state index in [-0.39, 0.29) is 16.4 Å². The lowest BCUT2D eigenvalue weighted by atomic mass is 10.1. The van der Waals surface area contributed by atoms with Gasteiger partial charge in [0, 0.05) is 30.2 Å². The van der Waals surface area contributed by atoms with Crippen LogP contribution >= 0.6 is 0 Å². The van der Waals surface area contributed by atoms with Gasteiger partial charge in [0.15, 0.2) is 11.5 Å². The Bertz CT molecular complexity index is 1240. The summed E-state index contributed by atoms with van der Waals surface area (Å²) in [5.74, 6) is -0.301. The van der Waals surface area contributed by atoms with Gasteiger partial charge >= 0.3 is 5.97 Å². The van der Waals surface area contributed by atoms with E-state index in [4.69, 9.17) is 9.47 Å². The van der Waals surface area contributed by atoms with Gasteiger partial charge in [0.25, 0.3) is 0 Å². The summed E-state index contributed by atoms with van der Waals surface area (Å²) in [6.45, 7) is 1.74. The van der Waals surface area contributed by atoms with E-state index in [9.17, 15) is 13.2 Å². The highest BCUT2D eigenvalue weighted by atomic mass is 32.2. The van der Waals surface area contributed by atoms with E-state index in [0.717, 1.165) is 11.3 Å². The number of esters is 1. The van der Waals surface area contributed by atoms with Crippen LogP contribution in [-0.2, 0) is 19.6 Å². The molecule has 3 aromatic rings. The summed E-state index contributed by atoms with van der Waals surface area (Å²) in [7, 11) is -0.00592. The predicted octanol–water partition coefficient (Wildman–Crippen LogP) is 3.12. The van der Waals surface area contributed by atoms with Crippen LogP contribution in [0.4, 0.5) is 0 Å². The number of nitrogens with zero attached hydrogens (tertiary/aromatic N) is 2. The first kappa shape index (κ1) is 24.0. The number of hydrogen-bond acceptors (Lipinski definition) is 7. The minimum absolute atomic E-state index is 0.0582. The smallest absolute Gasteiger partial charge is 0.330 e. The van der Waals surface area contributed by atoms with Crippen molar-refractivity contribution in [3.05, 3.63) is 72.3 Å². The van der Waals surface area contributed by atoms with Crippen molar-refractivity contribution in [1.29, 1.82) is 0 Å². The fourth-order valence-corrected chi connectivity index (χ4v) is 4.64. The van der Waals surface area contributed by atoms with Crippen LogP contribution < -0.4 is 14.2 Å². The molecule has 0 aliphatic rings. The van der Waals surface area contributed by atoms with Crippen molar-refractivity contribution in [2.24, 2.45) is 0 Å². The Kier molecular flexibility index (Phi) is 7.52. The normalized spacial score (nSPS) is 12.5. The zero-order chi connectivity index (χ0) is 24.0. The lowest BCUT2D eigenvalue weighted by molar-refractivity contribution is -0.134. The van der Waals surface area contributed by atoms with Gasteiger partial charge in [0.2, 0.25) is 10.0 Å². The molecule has 0 radical (unpaired) electrons. The minimum Gasteiger partial charge on any atom is -0.493 e. The zero-order valence-corrected chi connectivity index (χ0v) is 19.5. The summed E-state index contributed by atoms with van der Waals surface area (Å²) in [6, 6.07) is 9.88. The Hall–Kier alpha value is -3.63. The standard InChI is InChI=1S/C23H25N3O6S/c1-16(18-6-8-19(9-7-18)26-12-11-24-15-26)25-33(28,29)21-14-17(5-10-22(27)31-3)13-20(30-2)23(21)32-4/h5-16,25H,1-4H3/b10-5+. The van der Waals surface area contributed by atoms with Gasteiger partial charge in [-0.1, -0.05) is 12.1 Å². The van der Waals surface area contributed by atoms with Crippen molar-refractivity contribution < 1.29 is 27.4 Å². The SMILES string of the molecule is COC(=O)/C=C/c1cc(OC)c(OC)c(S(=O)(=O)NC(C)c2ccc(-n3ccnc3)cc2)c1. The fourth-order valence-electron chi connectivity index (χ4n) is 3.19. The van der Waals surface area contributed by atoms with E-state index in [1.54, 1.807) is 25.5 Å². The molecule has 2 aromatic carbocycles. The van der Waals surface area contributed by atoms with Gasteiger partial charge in [-0.25, -0.2) is 22.9 Å². The second-order valence-electron chi connectivity index (χ2n) is 7.02. The number of sulfonamides is 1. The number of imidazole rings is 1. The van der Waals surface area contributed by atoms with E-state index in [1.807, 2.05) is 35.0 Å². The highest BCUT2D eigenvalue weighted by molar-refractivity contribution is 7.89. The summed E-state index contributed by atoms with van der Waals surface area (Å²) in [4.78, 5) is 15.4. The van der Waals surface area contributed by atoms with Crippen molar-refractivity contribution >= 4 is 22.1 Å². The van der Waals surface area contributed by atoms with Gasteiger partial charge in [-0.05, 0) is 48.4 Å². The van der Waals surface area contributed by atoms with E-state index in [0.29, 0.717) is 5.56 Å². The average molecular weight is 472 g/mol. The highest BCUT2D eigenvalue weighted by Crippen LogP contribution is 2.36. The molecule has 0 bridgehead atoms. The van der Waals surface area contributed by atoms with Crippen molar-refractivity contribution in [3.63, 3.8) is 0 Å². The maximum absolute atomic E-state index is 13.3. The van der Waals surface area contributed by atoms with Crippen LogP contribution in [0.5, 0.6) is 11.5 Å². The summed E-state index contributed by atoms with van der Waals surface area (Å²) < 4.78 is 46.3. The number of hydrogen-bond donors (Lipinski definition) is 1. The van der Waals surface area contributed by atoms with Crippen LogP contribution in [0.1, 0.15) is 24.1 Å². The van der Waals surface area contributed by atoms with Crippen LogP contribution in [0.15, 0.2) is 66.1 Å². The van der Waals surface area contributed by atoms with Gasteiger partial charge in [-0.15, -0.1) is 0 Å². The van der Waals surface area contributed by atoms with Crippen LogP contribution in [0.2, 0.25) is 0 Å². The molecular formula is C23H25N3O6S. The van der Waals surface area contributed by atoms with Crippen molar-refractivity contribution in [1.82, 2.24) is 14.3 Å². The predicted molar refractivity (Wildman–Crippen MR) is 123 cm³/mol.